The number of aromatic nitrogens is 3. The van der Waals surface area contributed by atoms with E-state index in [2.05, 4.69) is 25.2 Å². The largest absolute Gasteiger partial charge is 0.378 e. The average molecular weight is 453 g/mol. The summed E-state index contributed by atoms with van der Waals surface area (Å²) in [6.07, 6.45) is 2.32. The van der Waals surface area contributed by atoms with Crippen LogP contribution < -0.4 is 10.0 Å². The highest BCUT2D eigenvalue weighted by molar-refractivity contribution is 7.98. The molecule has 168 valence electrons. The van der Waals surface area contributed by atoms with Gasteiger partial charge in [0.1, 0.15) is 5.69 Å². The Morgan fingerprint density at radius 2 is 2.03 bits per heavy atom. The molecular formula is C23H28N6O2S. The Labute approximate surface area is 192 Å². The van der Waals surface area contributed by atoms with Gasteiger partial charge in [0.25, 0.3) is 5.91 Å². The molecule has 2 N–H and O–H groups in total. The molecule has 32 heavy (non-hydrogen) atoms. The zero-order valence-corrected chi connectivity index (χ0v) is 19.6. The van der Waals surface area contributed by atoms with Gasteiger partial charge in [-0.3, -0.25) is 4.79 Å². The highest BCUT2D eigenvalue weighted by Gasteiger charge is 2.18. The third-order valence-corrected chi connectivity index (χ3v) is 5.38. The molecule has 1 aromatic heterocycles. The van der Waals surface area contributed by atoms with Crippen molar-refractivity contribution in [1.29, 1.82) is 0 Å². The maximum atomic E-state index is 12.5. The van der Waals surface area contributed by atoms with Crippen LogP contribution in [0.1, 0.15) is 30.7 Å². The standard InChI is InChI=1S/C21H22N6O2S.C2H6/c1-14-7-8-17-19(11-14)30-26-20(24-17)21(28)22-10-9-15-5-3-4-6-18(15)27-23-12-16(25-27)13-29-2;1-2/h3-8,11-12H,9-10,13H2,1-2H3,(H,22,28)(H,24,26);1-2H3. The lowest BCUT2D eigenvalue weighted by Gasteiger charge is -2.16. The van der Waals surface area contributed by atoms with Crippen LogP contribution in [0.15, 0.2) is 58.5 Å². The first kappa shape index (κ1) is 23.5. The normalized spacial score (nSPS) is 12.1. The van der Waals surface area contributed by atoms with Gasteiger partial charge in [0.2, 0.25) is 5.84 Å². The predicted molar refractivity (Wildman–Crippen MR) is 127 cm³/mol. The molecule has 0 unspecified atom stereocenters. The van der Waals surface area contributed by atoms with Crippen LogP contribution in [0.25, 0.3) is 5.69 Å². The fourth-order valence-electron chi connectivity index (χ4n) is 3.08. The van der Waals surface area contributed by atoms with Crippen LogP contribution in [0.5, 0.6) is 0 Å². The van der Waals surface area contributed by atoms with Crippen LogP contribution >= 0.6 is 11.9 Å². The van der Waals surface area contributed by atoms with Gasteiger partial charge < -0.3 is 14.8 Å². The lowest BCUT2D eigenvalue weighted by Crippen LogP contribution is -2.39. The van der Waals surface area contributed by atoms with Gasteiger partial charge >= 0.3 is 0 Å². The summed E-state index contributed by atoms with van der Waals surface area (Å²) in [5.74, 6) is 0.0772. The molecule has 9 heteroatoms. The van der Waals surface area contributed by atoms with Crippen molar-refractivity contribution in [2.45, 2.75) is 38.7 Å². The number of aliphatic imine (C=N–C) groups is 1. The Morgan fingerprint density at radius 3 is 2.84 bits per heavy atom. The Bertz CT molecular complexity index is 1100. The maximum absolute atomic E-state index is 12.5. The topological polar surface area (TPSA) is 93.4 Å². The summed E-state index contributed by atoms with van der Waals surface area (Å²) < 4.78 is 8.12. The second-order valence-electron chi connectivity index (χ2n) is 6.83. The van der Waals surface area contributed by atoms with E-state index in [0.717, 1.165) is 33.1 Å². The van der Waals surface area contributed by atoms with Gasteiger partial charge in [-0.15, -0.1) is 0 Å². The minimum atomic E-state index is -0.231. The van der Waals surface area contributed by atoms with Crippen molar-refractivity contribution < 1.29 is 9.53 Å². The van der Waals surface area contributed by atoms with Crippen LogP contribution in [0.4, 0.5) is 5.69 Å². The molecule has 0 saturated carbocycles. The van der Waals surface area contributed by atoms with Gasteiger partial charge in [0.05, 0.1) is 29.1 Å². The number of carbonyl (C=O) groups is 1. The fraction of sp³-hybridized carbons (Fsp3) is 0.304. The minimum Gasteiger partial charge on any atom is -0.378 e. The summed E-state index contributed by atoms with van der Waals surface area (Å²) in [4.78, 5) is 19.6. The Hall–Kier alpha value is -3.17. The number of hydrogen-bond acceptors (Lipinski definition) is 7. The van der Waals surface area contributed by atoms with Crippen LogP contribution in [-0.4, -0.2) is 40.4 Å². The van der Waals surface area contributed by atoms with Gasteiger partial charge in [0, 0.05) is 13.7 Å². The summed E-state index contributed by atoms with van der Waals surface area (Å²) in [7, 11) is 1.62. The van der Waals surface area contributed by atoms with E-state index < -0.39 is 0 Å². The number of hydrogen-bond donors (Lipinski definition) is 2. The van der Waals surface area contributed by atoms with E-state index in [4.69, 9.17) is 4.74 Å². The highest BCUT2D eigenvalue weighted by atomic mass is 32.2. The fourth-order valence-corrected chi connectivity index (χ4v) is 3.88. The number of nitrogens with zero attached hydrogens (tertiary/aromatic N) is 4. The number of carbonyl (C=O) groups excluding carboxylic acids is 1. The monoisotopic (exact) mass is 452 g/mol. The van der Waals surface area contributed by atoms with E-state index in [1.165, 1.54) is 11.9 Å². The third kappa shape index (κ3) is 5.74. The number of rotatable bonds is 7. The summed E-state index contributed by atoms with van der Waals surface area (Å²) in [6, 6.07) is 13.8. The molecule has 3 aromatic rings. The molecule has 8 nitrogen and oxygen atoms in total. The SMILES string of the molecule is CC.COCc1cnn(-c2ccccc2CCNC(=O)C2=Nc3ccc(C)cc3SN2)n1. The highest BCUT2D eigenvalue weighted by Crippen LogP contribution is 2.31. The van der Waals surface area contributed by atoms with Crippen molar-refractivity contribution in [2.24, 2.45) is 4.99 Å². The number of para-hydroxylation sites is 1. The number of aryl methyl sites for hydroxylation is 1. The van der Waals surface area contributed by atoms with Crippen LogP contribution in [0.3, 0.4) is 0 Å². The molecule has 2 aromatic carbocycles. The smallest absolute Gasteiger partial charge is 0.287 e. The Balaban J connectivity index is 0.00000141. The first-order valence-electron chi connectivity index (χ1n) is 10.5. The van der Waals surface area contributed by atoms with E-state index in [1.54, 1.807) is 18.1 Å². The van der Waals surface area contributed by atoms with Crippen molar-refractivity contribution >= 4 is 29.4 Å². The summed E-state index contributed by atoms with van der Waals surface area (Å²) >= 11 is 1.40. The van der Waals surface area contributed by atoms with Crippen molar-refractivity contribution in [1.82, 2.24) is 25.0 Å². The van der Waals surface area contributed by atoms with Gasteiger partial charge in [-0.1, -0.05) is 38.1 Å². The molecule has 0 fully saturated rings. The second-order valence-corrected chi connectivity index (χ2v) is 7.68. The van der Waals surface area contributed by atoms with Gasteiger partial charge in [-0.25, -0.2) is 4.99 Å². The lowest BCUT2D eigenvalue weighted by atomic mass is 10.1. The van der Waals surface area contributed by atoms with Crippen molar-refractivity contribution in [2.75, 3.05) is 13.7 Å². The minimum absolute atomic E-state index is 0.231. The first-order chi connectivity index (χ1) is 15.6. The molecule has 0 radical (unpaired) electrons. The third-order valence-electron chi connectivity index (χ3n) is 4.54. The summed E-state index contributed by atoms with van der Waals surface area (Å²) in [5, 5.41) is 11.7. The Kier molecular flexibility index (Phi) is 8.41. The number of amides is 1. The number of ether oxygens (including phenoxy) is 1. The van der Waals surface area contributed by atoms with E-state index in [0.29, 0.717) is 25.4 Å². The van der Waals surface area contributed by atoms with Gasteiger partial charge in [-0.05, 0) is 54.6 Å². The van der Waals surface area contributed by atoms with Crippen LogP contribution in [0, 0.1) is 6.92 Å². The van der Waals surface area contributed by atoms with E-state index >= 15 is 0 Å². The molecule has 0 spiro atoms. The number of methoxy groups -OCH3 is 1. The second kappa shape index (κ2) is 11.4. The number of benzene rings is 2. The molecular weight excluding hydrogens is 424 g/mol. The molecule has 1 aliphatic rings. The Morgan fingerprint density at radius 1 is 1.22 bits per heavy atom. The zero-order valence-electron chi connectivity index (χ0n) is 18.8. The summed E-state index contributed by atoms with van der Waals surface area (Å²) in [5.41, 5.74) is 4.63. The molecule has 1 aliphatic heterocycles. The molecule has 0 aliphatic carbocycles. The molecule has 1 amide bonds. The molecule has 0 atom stereocenters. The van der Waals surface area contributed by atoms with Crippen LogP contribution in [-0.2, 0) is 22.6 Å². The van der Waals surface area contributed by atoms with Gasteiger partial charge in [-0.2, -0.15) is 15.0 Å². The maximum Gasteiger partial charge on any atom is 0.287 e. The lowest BCUT2D eigenvalue weighted by molar-refractivity contribution is -0.114. The van der Waals surface area contributed by atoms with Crippen molar-refractivity contribution in [3.8, 4) is 5.69 Å². The van der Waals surface area contributed by atoms with Crippen molar-refractivity contribution in [3.63, 3.8) is 0 Å². The predicted octanol–water partition coefficient (Wildman–Crippen LogP) is 3.75. The summed E-state index contributed by atoms with van der Waals surface area (Å²) in [6.45, 7) is 6.91. The number of fused-ring (bicyclic) bond motifs is 1. The molecule has 0 saturated heterocycles. The van der Waals surface area contributed by atoms with E-state index in [1.807, 2.05) is 63.2 Å². The average Bonchev–Trinajstić information content (AvgIpc) is 3.29. The first-order valence-corrected chi connectivity index (χ1v) is 11.3. The van der Waals surface area contributed by atoms with E-state index in [-0.39, 0.29) is 5.91 Å². The number of nitrogens with one attached hydrogen (secondary N) is 2. The zero-order chi connectivity index (χ0) is 22.9. The van der Waals surface area contributed by atoms with Crippen LogP contribution in [0.2, 0.25) is 0 Å². The van der Waals surface area contributed by atoms with Gasteiger partial charge in [0.15, 0.2) is 0 Å². The number of amidine groups is 1. The quantitative estimate of drug-likeness (QED) is 0.531. The molecule has 4 rings (SSSR count). The molecule has 0 bridgehead atoms. The van der Waals surface area contributed by atoms with E-state index in [9.17, 15) is 4.79 Å². The molecule has 2 heterocycles. The van der Waals surface area contributed by atoms with Crippen molar-refractivity contribution in [3.05, 3.63) is 65.5 Å².